The highest BCUT2D eigenvalue weighted by atomic mass is 16.5. The molecule has 3 atom stereocenters. The molecule has 1 saturated heterocycles. The Morgan fingerprint density at radius 1 is 1.56 bits per heavy atom. The van der Waals surface area contributed by atoms with Crippen LogP contribution in [-0.2, 0) is 9.47 Å². The fourth-order valence-corrected chi connectivity index (χ4v) is 2.21. The SMILES string of the molecule is CCOC(C)c1noc(C2COCCC2NC)n1. The van der Waals surface area contributed by atoms with E-state index >= 15 is 0 Å². The summed E-state index contributed by atoms with van der Waals surface area (Å²) in [6.07, 6.45) is 0.824. The molecule has 0 radical (unpaired) electrons. The molecule has 0 saturated carbocycles. The van der Waals surface area contributed by atoms with Gasteiger partial charge in [0.2, 0.25) is 5.89 Å². The zero-order chi connectivity index (χ0) is 13.0. The minimum Gasteiger partial charge on any atom is -0.381 e. The van der Waals surface area contributed by atoms with Crippen molar-refractivity contribution in [2.45, 2.75) is 38.3 Å². The number of aromatic nitrogens is 2. The smallest absolute Gasteiger partial charge is 0.233 e. The van der Waals surface area contributed by atoms with E-state index in [0.29, 0.717) is 31.0 Å². The number of likely N-dealkylation sites (N-methyl/N-ethyl adjacent to an activating group) is 1. The lowest BCUT2D eigenvalue weighted by Gasteiger charge is -2.28. The van der Waals surface area contributed by atoms with Crippen LogP contribution in [0.5, 0.6) is 0 Å². The summed E-state index contributed by atoms with van der Waals surface area (Å²) in [5.74, 6) is 1.36. The number of ether oxygens (including phenoxy) is 2. The summed E-state index contributed by atoms with van der Waals surface area (Å²) in [6, 6.07) is 0.328. The van der Waals surface area contributed by atoms with Crippen LogP contribution < -0.4 is 5.32 Å². The molecule has 2 rings (SSSR count). The first-order valence-corrected chi connectivity index (χ1v) is 6.46. The largest absolute Gasteiger partial charge is 0.381 e. The minimum absolute atomic E-state index is 0.124. The van der Waals surface area contributed by atoms with Crippen molar-refractivity contribution in [1.82, 2.24) is 15.5 Å². The number of nitrogens with zero attached hydrogens (tertiary/aromatic N) is 2. The standard InChI is InChI=1S/C12H21N3O3/c1-4-17-8(2)11-14-12(18-15-11)9-7-16-6-5-10(9)13-3/h8-10,13H,4-7H2,1-3H3. The van der Waals surface area contributed by atoms with E-state index in [1.165, 1.54) is 0 Å². The fourth-order valence-electron chi connectivity index (χ4n) is 2.21. The molecule has 1 aromatic rings. The Balaban J connectivity index is 2.08. The van der Waals surface area contributed by atoms with E-state index < -0.39 is 0 Å². The maximum absolute atomic E-state index is 5.49. The van der Waals surface area contributed by atoms with E-state index in [0.717, 1.165) is 13.0 Å². The molecular weight excluding hydrogens is 234 g/mol. The summed E-state index contributed by atoms with van der Waals surface area (Å²) in [5, 5.41) is 7.26. The van der Waals surface area contributed by atoms with E-state index in [2.05, 4.69) is 15.5 Å². The van der Waals surface area contributed by atoms with Crippen molar-refractivity contribution >= 4 is 0 Å². The molecule has 6 nitrogen and oxygen atoms in total. The second-order valence-electron chi connectivity index (χ2n) is 4.45. The van der Waals surface area contributed by atoms with Crippen molar-refractivity contribution in [3.8, 4) is 0 Å². The van der Waals surface area contributed by atoms with Gasteiger partial charge in [-0.3, -0.25) is 0 Å². The molecule has 0 bridgehead atoms. The van der Waals surface area contributed by atoms with E-state index in [-0.39, 0.29) is 12.0 Å². The molecular formula is C12H21N3O3. The molecule has 0 amide bonds. The molecule has 0 aliphatic carbocycles. The van der Waals surface area contributed by atoms with E-state index in [1.54, 1.807) is 0 Å². The van der Waals surface area contributed by atoms with Crippen LogP contribution in [0.2, 0.25) is 0 Å². The van der Waals surface area contributed by atoms with Gasteiger partial charge in [0.25, 0.3) is 0 Å². The van der Waals surface area contributed by atoms with Crippen molar-refractivity contribution in [2.24, 2.45) is 0 Å². The van der Waals surface area contributed by atoms with Gasteiger partial charge in [-0.2, -0.15) is 4.98 Å². The molecule has 1 aliphatic heterocycles. The van der Waals surface area contributed by atoms with Gasteiger partial charge in [-0.05, 0) is 27.3 Å². The molecule has 102 valence electrons. The van der Waals surface area contributed by atoms with Crippen LogP contribution in [-0.4, -0.2) is 43.1 Å². The number of hydrogen-bond donors (Lipinski definition) is 1. The van der Waals surface area contributed by atoms with Crippen LogP contribution in [0.15, 0.2) is 4.52 Å². The molecule has 3 unspecified atom stereocenters. The molecule has 6 heteroatoms. The Labute approximate surface area is 107 Å². The van der Waals surface area contributed by atoms with Gasteiger partial charge in [-0.25, -0.2) is 0 Å². The predicted octanol–water partition coefficient (Wildman–Crippen LogP) is 1.26. The third kappa shape index (κ3) is 2.88. The van der Waals surface area contributed by atoms with Crippen molar-refractivity contribution in [2.75, 3.05) is 26.9 Å². The normalized spacial score (nSPS) is 26.2. The van der Waals surface area contributed by atoms with E-state index in [1.807, 2.05) is 20.9 Å². The first kappa shape index (κ1) is 13.5. The average molecular weight is 255 g/mol. The lowest BCUT2D eigenvalue weighted by Crippen LogP contribution is -2.39. The van der Waals surface area contributed by atoms with Crippen LogP contribution in [0, 0.1) is 0 Å². The van der Waals surface area contributed by atoms with Gasteiger partial charge in [-0.15, -0.1) is 0 Å². The third-order valence-corrected chi connectivity index (χ3v) is 3.28. The summed E-state index contributed by atoms with van der Waals surface area (Å²) in [4.78, 5) is 4.43. The fraction of sp³-hybridized carbons (Fsp3) is 0.833. The summed E-state index contributed by atoms with van der Waals surface area (Å²) < 4.78 is 16.3. The van der Waals surface area contributed by atoms with E-state index in [9.17, 15) is 0 Å². The summed E-state index contributed by atoms with van der Waals surface area (Å²) >= 11 is 0. The molecule has 1 fully saturated rings. The molecule has 1 N–H and O–H groups in total. The van der Waals surface area contributed by atoms with Gasteiger partial charge in [0.15, 0.2) is 5.82 Å². The molecule has 1 aliphatic rings. The van der Waals surface area contributed by atoms with Crippen molar-refractivity contribution in [3.05, 3.63) is 11.7 Å². The Morgan fingerprint density at radius 2 is 2.39 bits per heavy atom. The molecule has 0 spiro atoms. The first-order chi connectivity index (χ1) is 8.76. The minimum atomic E-state index is -0.134. The second-order valence-corrected chi connectivity index (χ2v) is 4.45. The number of rotatable bonds is 5. The van der Waals surface area contributed by atoms with Crippen LogP contribution in [0.1, 0.15) is 44.0 Å². The van der Waals surface area contributed by atoms with Gasteiger partial charge < -0.3 is 19.3 Å². The van der Waals surface area contributed by atoms with Crippen LogP contribution in [0.25, 0.3) is 0 Å². The maximum Gasteiger partial charge on any atom is 0.233 e. The van der Waals surface area contributed by atoms with Crippen molar-refractivity contribution < 1.29 is 14.0 Å². The monoisotopic (exact) mass is 255 g/mol. The predicted molar refractivity (Wildman–Crippen MR) is 65.4 cm³/mol. The highest BCUT2D eigenvalue weighted by Gasteiger charge is 2.31. The van der Waals surface area contributed by atoms with Gasteiger partial charge in [-0.1, -0.05) is 5.16 Å². The Hall–Kier alpha value is -0.980. The van der Waals surface area contributed by atoms with Gasteiger partial charge in [0.1, 0.15) is 6.10 Å². The molecule has 18 heavy (non-hydrogen) atoms. The summed E-state index contributed by atoms with van der Waals surface area (Å²) in [6.45, 7) is 5.90. The van der Waals surface area contributed by atoms with Gasteiger partial charge >= 0.3 is 0 Å². The lowest BCUT2D eigenvalue weighted by atomic mass is 9.96. The topological polar surface area (TPSA) is 69.4 Å². The quantitative estimate of drug-likeness (QED) is 0.854. The zero-order valence-electron chi connectivity index (χ0n) is 11.2. The van der Waals surface area contributed by atoms with E-state index in [4.69, 9.17) is 14.0 Å². The summed E-state index contributed by atoms with van der Waals surface area (Å²) in [5.41, 5.74) is 0. The highest BCUT2D eigenvalue weighted by molar-refractivity contribution is 5.02. The molecule has 2 heterocycles. The molecule has 0 aromatic carbocycles. The Bertz CT molecular complexity index is 369. The Kier molecular flexibility index (Phi) is 4.68. The number of hydrogen-bond acceptors (Lipinski definition) is 6. The van der Waals surface area contributed by atoms with Gasteiger partial charge in [0, 0.05) is 19.3 Å². The van der Waals surface area contributed by atoms with Gasteiger partial charge in [0.05, 0.1) is 12.5 Å². The van der Waals surface area contributed by atoms with Crippen LogP contribution >= 0.6 is 0 Å². The number of nitrogens with one attached hydrogen (secondary N) is 1. The Morgan fingerprint density at radius 3 is 3.11 bits per heavy atom. The average Bonchev–Trinajstić information content (AvgIpc) is 2.88. The lowest BCUT2D eigenvalue weighted by molar-refractivity contribution is 0.0516. The zero-order valence-corrected chi connectivity index (χ0v) is 11.2. The maximum atomic E-state index is 5.49. The van der Waals surface area contributed by atoms with Crippen LogP contribution in [0.4, 0.5) is 0 Å². The van der Waals surface area contributed by atoms with Crippen molar-refractivity contribution in [1.29, 1.82) is 0 Å². The third-order valence-electron chi connectivity index (χ3n) is 3.28. The van der Waals surface area contributed by atoms with Crippen LogP contribution in [0.3, 0.4) is 0 Å². The second kappa shape index (κ2) is 6.26. The first-order valence-electron chi connectivity index (χ1n) is 6.46. The molecule has 1 aromatic heterocycles. The summed E-state index contributed by atoms with van der Waals surface area (Å²) in [7, 11) is 1.95. The van der Waals surface area contributed by atoms with Crippen molar-refractivity contribution in [3.63, 3.8) is 0 Å². The highest BCUT2D eigenvalue weighted by Crippen LogP contribution is 2.25.